The summed E-state index contributed by atoms with van der Waals surface area (Å²) in [4.78, 5) is 10.4. The Morgan fingerprint density at radius 3 is 1.41 bits per heavy atom. The molecule has 0 radical (unpaired) electrons. The zero-order valence-corrected chi connectivity index (χ0v) is 33.2. The molecule has 11 rings (SSSR count). The van der Waals surface area contributed by atoms with Gasteiger partial charge in [-0.05, 0) is 57.5 Å². The van der Waals surface area contributed by atoms with E-state index in [1.807, 2.05) is 12.1 Å². The van der Waals surface area contributed by atoms with Crippen LogP contribution in [0.15, 0.2) is 231 Å². The van der Waals surface area contributed by atoms with E-state index in [1.165, 1.54) is 11.1 Å². The molecule has 11 aromatic rings. The predicted octanol–water partition coefficient (Wildman–Crippen LogP) is 14.6. The number of rotatable bonds is 8. The van der Waals surface area contributed by atoms with Gasteiger partial charge in [-0.3, -0.25) is 0 Å². The Bertz CT molecular complexity index is 3310. The van der Waals surface area contributed by atoms with Crippen LogP contribution in [0.3, 0.4) is 0 Å². The fourth-order valence-electron chi connectivity index (χ4n) is 8.39. The molecule has 0 saturated carbocycles. The average Bonchev–Trinajstić information content (AvgIpc) is 3.76. The van der Waals surface area contributed by atoms with Gasteiger partial charge >= 0.3 is 0 Å². The molecule has 3 aromatic heterocycles. The molecule has 0 fully saturated rings. The van der Waals surface area contributed by atoms with Crippen LogP contribution in [0, 0.1) is 0 Å². The van der Waals surface area contributed by atoms with Crippen molar-refractivity contribution in [2.75, 3.05) is 0 Å². The largest absolute Gasteiger partial charge is 0.231 e. The summed E-state index contributed by atoms with van der Waals surface area (Å²) in [6.07, 6.45) is 0. The molecule has 0 saturated heterocycles. The standard InChI is InChI=1S/C57H38N4/c1-6-17-39(18-7-1)40-29-31-42(32-30-40)52-38-51(41-19-8-2-9-20-41)58-57(59-52)49-28-16-27-46(35-49)47-33-34-48-37-53(43-21-10-3-11-22-43)61-56(50(48)36-47)54(44-23-12-4-13-24-44)55(60-61)45-25-14-5-15-26-45/h1-38H. The van der Waals surface area contributed by atoms with Crippen molar-refractivity contribution in [1.82, 2.24) is 19.6 Å². The lowest BCUT2D eigenvalue weighted by molar-refractivity contribution is 0.979. The fourth-order valence-corrected chi connectivity index (χ4v) is 8.39. The Kier molecular flexibility index (Phi) is 9.14. The highest BCUT2D eigenvalue weighted by Crippen LogP contribution is 2.42. The zero-order valence-electron chi connectivity index (χ0n) is 33.2. The quantitative estimate of drug-likeness (QED) is 0.154. The van der Waals surface area contributed by atoms with Gasteiger partial charge in [0.2, 0.25) is 0 Å². The minimum absolute atomic E-state index is 0.677. The third-order valence-electron chi connectivity index (χ3n) is 11.4. The van der Waals surface area contributed by atoms with E-state index in [4.69, 9.17) is 15.1 Å². The Morgan fingerprint density at radius 2 is 0.770 bits per heavy atom. The van der Waals surface area contributed by atoms with Gasteiger partial charge in [0.1, 0.15) is 5.69 Å². The third-order valence-corrected chi connectivity index (χ3v) is 11.4. The summed E-state index contributed by atoms with van der Waals surface area (Å²) in [5, 5.41) is 7.70. The molecule has 0 unspecified atom stereocenters. The summed E-state index contributed by atoms with van der Waals surface area (Å²) >= 11 is 0. The molecule has 0 bridgehead atoms. The maximum atomic E-state index is 5.43. The van der Waals surface area contributed by atoms with E-state index in [1.54, 1.807) is 0 Å². The van der Waals surface area contributed by atoms with Gasteiger partial charge in [0.05, 0.1) is 22.6 Å². The van der Waals surface area contributed by atoms with Crippen molar-refractivity contribution in [3.05, 3.63) is 231 Å². The summed E-state index contributed by atoms with van der Waals surface area (Å²) in [6, 6.07) is 81.0. The lowest BCUT2D eigenvalue weighted by atomic mass is 9.94. The third kappa shape index (κ3) is 6.86. The van der Waals surface area contributed by atoms with E-state index in [0.717, 1.165) is 89.1 Å². The van der Waals surface area contributed by atoms with Crippen molar-refractivity contribution < 1.29 is 0 Å². The van der Waals surface area contributed by atoms with Gasteiger partial charge in [-0.25, -0.2) is 14.5 Å². The summed E-state index contributed by atoms with van der Waals surface area (Å²) in [7, 11) is 0. The van der Waals surface area contributed by atoms with Gasteiger partial charge in [-0.2, -0.15) is 5.10 Å². The fraction of sp³-hybridized carbons (Fsp3) is 0. The van der Waals surface area contributed by atoms with Crippen LogP contribution >= 0.6 is 0 Å². The van der Waals surface area contributed by atoms with E-state index in [-0.39, 0.29) is 0 Å². The van der Waals surface area contributed by atoms with Gasteiger partial charge in [-0.15, -0.1) is 0 Å². The van der Waals surface area contributed by atoms with Crippen molar-refractivity contribution in [3.8, 4) is 89.8 Å². The second kappa shape index (κ2) is 15.5. The van der Waals surface area contributed by atoms with E-state index in [0.29, 0.717) is 5.82 Å². The molecule has 8 aromatic carbocycles. The molecule has 286 valence electrons. The lowest BCUT2D eigenvalue weighted by Crippen LogP contribution is -1.97. The van der Waals surface area contributed by atoms with Crippen LogP contribution in [0.1, 0.15) is 0 Å². The molecule has 0 atom stereocenters. The minimum Gasteiger partial charge on any atom is -0.231 e. The highest BCUT2D eigenvalue weighted by atomic mass is 15.2. The van der Waals surface area contributed by atoms with Crippen LogP contribution in [-0.4, -0.2) is 19.6 Å². The monoisotopic (exact) mass is 778 g/mol. The molecule has 0 spiro atoms. The molecule has 61 heavy (non-hydrogen) atoms. The van der Waals surface area contributed by atoms with Gasteiger partial charge < -0.3 is 0 Å². The van der Waals surface area contributed by atoms with E-state index in [2.05, 4.69) is 223 Å². The zero-order chi connectivity index (χ0) is 40.5. The van der Waals surface area contributed by atoms with Gasteiger partial charge in [-0.1, -0.05) is 206 Å². The summed E-state index contributed by atoms with van der Waals surface area (Å²) in [5.74, 6) is 0.677. The van der Waals surface area contributed by atoms with Crippen molar-refractivity contribution >= 4 is 16.3 Å². The van der Waals surface area contributed by atoms with E-state index >= 15 is 0 Å². The SMILES string of the molecule is c1ccc(-c2ccc(-c3cc(-c4ccccc4)nc(-c4cccc(-c5ccc6cc(-c7ccccc7)n7nc(-c8ccccc8)c(-c8ccccc8)c7c6c5)c4)n3)cc2)cc1. The second-order valence-electron chi connectivity index (χ2n) is 15.3. The first-order chi connectivity index (χ1) is 30.2. The number of hydrogen-bond acceptors (Lipinski definition) is 3. The number of fused-ring (bicyclic) bond motifs is 3. The van der Waals surface area contributed by atoms with Crippen molar-refractivity contribution in [1.29, 1.82) is 0 Å². The van der Waals surface area contributed by atoms with Crippen LogP contribution in [0.4, 0.5) is 0 Å². The maximum Gasteiger partial charge on any atom is 0.160 e. The van der Waals surface area contributed by atoms with Crippen LogP contribution in [0.2, 0.25) is 0 Å². The Balaban J connectivity index is 1.08. The number of nitrogens with zero attached hydrogens (tertiary/aromatic N) is 4. The van der Waals surface area contributed by atoms with E-state index in [9.17, 15) is 0 Å². The highest BCUT2D eigenvalue weighted by molar-refractivity contribution is 6.09. The molecule has 0 aliphatic heterocycles. The Labute approximate surface area is 354 Å². The van der Waals surface area contributed by atoms with Crippen molar-refractivity contribution in [3.63, 3.8) is 0 Å². The maximum absolute atomic E-state index is 5.43. The first kappa shape index (κ1) is 35.9. The Morgan fingerprint density at radius 1 is 0.311 bits per heavy atom. The number of hydrogen-bond donors (Lipinski definition) is 0. The number of pyridine rings is 1. The lowest BCUT2D eigenvalue weighted by Gasteiger charge is -2.13. The Hall–Kier alpha value is -8.21. The summed E-state index contributed by atoms with van der Waals surface area (Å²) < 4.78 is 2.15. The predicted molar refractivity (Wildman–Crippen MR) is 252 cm³/mol. The van der Waals surface area contributed by atoms with Crippen LogP contribution < -0.4 is 0 Å². The minimum atomic E-state index is 0.677. The van der Waals surface area contributed by atoms with Gasteiger partial charge in [0, 0.05) is 38.8 Å². The average molecular weight is 779 g/mol. The smallest absolute Gasteiger partial charge is 0.160 e. The van der Waals surface area contributed by atoms with Crippen molar-refractivity contribution in [2.24, 2.45) is 0 Å². The molecule has 3 heterocycles. The molecule has 4 heteroatoms. The van der Waals surface area contributed by atoms with Gasteiger partial charge in [0.15, 0.2) is 5.82 Å². The van der Waals surface area contributed by atoms with Crippen LogP contribution in [0.25, 0.3) is 106 Å². The molecular formula is C57H38N4. The molecule has 0 aliphatic carbocycles. The first-order valence-corrected chi connectivity index (χ1v) is 20.6. The summed E-state index contributed by atoms with van der Waals surface area (Å²) in [5.41, 5.74) is 16.8. The molecule has 0 aliphatic rings. The first-order valence-electron chi connectivity index (χ1n) is 20.6. The van der Waals surface area contributed by atoms with Crippen LogP contribution in [-0.2, 0) is 0 Å². The number of benzene rings is 8. The van der Waals surface area contributed by atoms with Crippen LogP contribution in [0.5, 0.6) is 0 Å². The second-order valence-corrected chi connectivity index (χ2v) is 15.3. The summed E-state index contributed by atoms with van der Waals surface area (Å²) in [6.45, 7) is 0. The van der Waals surface area contributed by atoms with E-state index < -0.39 is 0 Å². The normalized spacial score (nSPS) is 11.3. The van der Waals surface area contributed by atoms with Gasteiger partial charge in [0.25, 0.3) is 0 Å². The number of aromatic nitrogens is 4. The molecule has 4 nitrogen and oxygen atoms in total. The highest BCUT2D eigenvalue weighted by Gasteiger charge is 2.22. The molecular weight excluding hydrogens is 741 g/mol. The molecule has 0 amide bonds. The molecule has 0 N–H and O–H groups in total. The topological polar surface area (TPSA) is 43.1 Å². The van der Waals surface area contributed by atoms with Crippen molar-refractivity contribution in [2.45, 2.75) is 0 Å².